The summed E-state index contributed by atoms with van der Waals surface area (Å²) in [5.41, 5.74) is 4.59. The van der Waals surface area contributed by atoms with E-state index in [1.807, 2.05) is 57.2 Å². The van der Waals surface area contributed by atoms with Gasteiger partial charge in [-0.05, 0) is 67.3 Å². The summed E-state index contributed by atoms with van der Waals surface area (Å²) in [4.78, 5) is 12.4. The van der Waals surface area contributed by atoms with Crippen LogP contribution in [0.2, 0.25) is 0 Å². The molecule has 0 aliphatic rings. The molecule has 2 aromatic carbocycles. The lowest BCUT2D eigenvalue weighted by Gasteiger charge is -2.10. The molecule has 0 fully saturated rings. The third-order valence-corrected chi connectivity index (χ3v) is 3.99. The molecule has 2 rings (SSSR count). The second-order valence-electron chi connectivity index (χ2n) is 5.59. The molecule has 0 aliphatic heterocycles. The van der Waals surface area contributed by atoms with Gasteiger partial charge in [0.25, 0.3) is 5.91 Å². The van der Waals surface area contributed by atoms with Gasteiger partial charge >= 0.3 is 0 Å². The molecule has 0 aromatic heterocycles. The first-order valence-electron chi connectivity index (χ1n) is 7.60. The predicted octanol–water partition coefficient (Wildman–Crippen LogP) is 4.17. The van der Waals surface area contributed by atoms with E-state index >= 15 is 0 Å². The molecule has 2 aromatic rings. The molecular formula is C20H20N2O2. The Morgan fingerprint density at radius 3 is 2.54 bits per heavy atom. The Labute approximate surface area is 142 Å². The van der Waals surface area contributed by atoms with E-state index in [2.05, 4.69) is 5.32 Å². The molecule has 4 nitrogen and oxygen atoms in total. The maximum atomic E-state index is 12.4. The fraction of sp³-hybridized carbons (Fsp3) is 0.200. The predicted molar refractivity (Wildman–Crippen MR) is 95.9 cm³/mol. The molecule has 0 saturated carbocycles. The van der Waals surface area contributed by atoms with Gasteiger partial charge in [0.15, 0.2) is 0 Å². The Balaban J connectivity index is 2.29. The van der Waals surface area contributed by atoms with Gasteiger partial charge in [0.1, 0.15) is 17.4 Å². The number of anilines is 1. The highest BCUT2D eigenvalue weighted by molar-refractivity contribution is 6.10. The molecule has 122 valence electrons. The quantitative estimate of drug-likeness (QED) is 0.679. The number of carbonyl (C=O) groups excluding carboxylic acids is 1. The van der Waals surface area contributed by atoms with Crippen molar-refractivity contribution >= 4 is 17.7 Å². The number of rotatable bonds is 4. The van der Waals surface area contributed by atoms with E-state index in [1.54, 1.807) is 19.3 Å². The SMILES string of the molecule is COc1ccc(/C=C(\C#N)C(=O)Nc2cccc(C)c2C)c(C)c1. The third kappa shape index (κ3) is 3.82. The van der Waals surface area contributed by atoms with E-state index in [0.717, 1.165) is 28.0 Å². The van der Waals surface area contributed by atoms with E-state index in [4.69, 9.17) is 4.74 Å². The summed E-state index contributed by atoms with van der Waals surface area (Å²) in [7, 11) is 1.60. The molecule has 0 aliphatic carbocycles. The van der Waals surface area contributed by atoms with E-state index in [0.29, 0.717) is 5.69 Å². The number of methoxy groups -OCH3 is 1. The smallest absolute Gasteiger partial charge is 0.266 e. The molecule has 0 saturated heterocycles. The van der Waals surface area contributed by atoms with Gasteiger partial charge in [0, 0.05) is 5.69 Å². The van der Waals surface area contributed by atoms with E-state index in [-0.39, 0.29) is 5.57 Å². The average Bonchev–Trinajstić information content (AvgIpc) is 2.57. The normalized spacial score (nSPS) is 10.9. The molecule has 0 radical (unpaired) electrons. The molecule has 0 atom stereocenters. The maximum Gasteiger partial charge on any atom is 0.266 e. The lowest BCUT2D eigenvalue weighted by Crippen LogP contribution is -2.14. The number of hydrogen-bond acceptors (Lipinski definition) is 3. The zero-order chi connectivity index (χ0) is 17.7. The summed E-state index contributed by atoms with van der Waals surface area (Å²) in [6.45, 7) is 5.83. The highest BCUT2D eigenvalue weighted by Gasteiger charge is 2.12. The monoisotopic (exact) mass is 320 g/mol. The second-order valence-corrected chi connectivity index (χ2v) is 5.59. The largest absolute Gasteiger partial charge is 0.497 e. The van der Waals surface area contributed by atoms with Crippen molar-refractivity contribution in [2.75, 3.05) is 12.4 Å². The number of hydrogen-bond donors (Lipinski definition) is 1. The topological polar surface area (TPSA) is 62.1 Å². The van der Waals surface area contributed by atoms with Gasteiger partial charge in [-0.2, -0.15) is 5.26 Å². The van der Waals surface area contributed by atoms with Gasteiger partial charge in [0.2, 0.25) is 0 Å². The van der Waals surface area contributed by atoms with Crippen LogP contribution >= 0.6 is 0 Å². The number of nitriles is 1. The zero-order valence-electron chi connectivity index (χ0n) is 14.3. The number of aryl methyl sites for hydroxylation is 2. The first-order chi connectivity index (χ1) is 11.5. The van der Waals surface area contributed by atoms with Crippen molar-refractivity contribution in [1.29, 1.82) is 5.26 Å². The molecule has 0 heterocycles. The summed E-state index contributed by atoms with van der Waals surface area (Å²) >= 11 is 0. The van der Waals surface area contributed by atoms with Crippen molar-refractivity contribution in [3.8, 4) is 11.8 Å². The van der Waals surface area contributed by atoms with Crippen molar-refractivity contribution in [3.63, 3.8) is 0 Å². The van der Waals surface area contributed by atoms with Crippen LogP contribution in [0.5, 0.6) is 5.75 Å². The number of benzene rings is 2. The first kappa shape index (κ1) is 17.3. The lowest BCUT2D eigenvalue weighted by atomic mass is 10.0. The fourth-order valence-electron chi connectivity index (χ4n) is 2.32. The van der Waals surface area contributed by atoms with Gasteiger partial charge in [0.05, 0.1) is 7.11 Å². The van der Waals surface area contributed by atoms with Gasteiger partial charge < -0.3 is 10.1 Å². The first-order valence-corrected chi connectivity index (χ1v) is 7.60. The van der Waals surface area contributed by atoms with Gasteiger partial charge in [-0.3, -0.25) is 4.79 Å². The maximum absolute atomic E-state index is 12.4. The minimum Gasteiger partial charge on any atom is -0.497 e. The van der Waals surface area contributed by atoms with E-state index < -0.39 is 5.91 Å². The van der Waals surface area contributed by atoms with Crippen molar-refractivity contribution in [2.24, 2.45) is 0 Å². The van der Waals surface area contributed by atoms with Crippen LogP contribution in [0.25, 0.3) is 6.08 Å². The average molecular weight is 320 g/mol. The second kappa shape index (κ2) is 7.47. The van der Waals surface area contributed by atoms with E-state index in [9.17, 15) is 10.1 Å². The van der Waals surface area contributed by atoms with Crippen LogP contribution < -0.4 is 10.1 Å². The van der Waals surface area contributed by atoms with Gasteiger partial charge in [-0.1, -0.05) is 18.2 Å². The molecule has 0 unspecified atom stereocenters. The fourth-order valence-corrected chi connectivity index (χ4v) is 2.32. The number of ether oxygens (including phenoxy) is 1. The van der Waals surface area contributed by atoms with Gasteiger partial charge in [-0.15, -0.1) is 0 Å². The summed E-state index contributed by atoms with van der Waals surface area (Å²) in [6, 6.07) is 13.2. The van der Waals surface area contributed by atoms with Crippen LogP contribution in [-0.2, 0) is 4.79 Å². The summed E-state index contributed by atoms with van der Waals surface area (Å²) < 4.78 is 5.17. The molecule has 0 bridgehead atoms. The molecule has 1 amide bonds. The number of nitrogens with zero attached hydrogens (tertiary/aromatic N) is 1. The van der Waals surface area contributed by atoms with Crippen LogP contribution in [0, 0.1) is 32.1 Å². The third-order valence-electron chi connectivity index (χ3n) is 3.99. The zero-order valence-corrected chi connectivity index (χ0v) is 14.3. The summed E-state index contributed by atoms with van der Waals surface area (Å²) in [5.74, 6) is 0.324. The van der Waals surface area contributed by atoms with Crippen molar-refractivity contribution in [3.05, 3.63) is 64.2 Å². The summed E-state index contributed by atoms with van der Waals surface area (Å²) in [5, 5.41) is 12.2. The Bertz CT molecular complexity index is 845. The molecule has 0 spiro atoms. The number of carbonyl (C=O) groups is 1. The molecule has 24 heavy (non-hydrogen) atoms. The van der Waals surface area contributed by atoms with Crippen LogP contribution in [0.3, 0.4) is 0 Å². The Kier molecular flexibility index (Phi) is 5.39. The highest BCUT2D eigenvalue weighted by Crippen LogP contribution is 2.21. The summed E-state index contributed by atoms with van der Waals surface area (Å²) in [6.07, 6.45) is 1.59. The minimum atomic E-state index is -0.415. The Morgan fingerprint density at radius 1 is 1.17 bits per heavy atom. The molecule has 4 heteroatoms. The highest BCUT2D eigenvalue weighted by atomic mass is 16.5. The van der Waals surface area contributed by atoms with Crippen molar-refractivity contribution in [2.45, 2.75) is 20.8 Å². The van der Waals surface area contributed by atoms with Crippen LogP contribution in [0.15, 0.2) is 42.0 Å². The van der Waals surface area contributed by atoms with Crippen LogP contribution in [0.1, 0.15) is 22.3 Å². The standard InChI is InChI=1S/C20H20N2O2/c1-13-6-5-7-19(15(13)3)22-20(23)17(12-21)11-16-8-9-18(24-4)10-14(16)2/h5-11H,1-4H3,(H,22,23)/b17-11+. The van der Waals surface area contributed by atoms with Crippen LogP contribution in [-0.4, -0.2) is 13.0 Å². The number of nitrogens with one attached hydrogen (secondary N) is 1. The Hall–Kier alpha value is -3.06. The Morgan fingerprint density at radius 2 is 1.92 bits per heavy atom. The molecular weight excluding hydrogens is 300 g/mol. The van der Waals surface area contributed by atoms with Crippen molar-refractivity contribution in [1.82, 2.24) is 0 Å². The molecule has 1 N–H and O–H groups in total. The number of amides is 1. The minimum absolute atomic E-state index is 0.0594. The van der Waals surface area contributed by atoms with Crippen molar-refractivity contribution < 1.29 is 9.53 Å². The van der Waals surface area contributed by atoms with E-state index in [1.165, 1.54) is 0 Å². The van der Waals surface area contributed by atoms with Crippen LogP contribution in [0.4, 0.5) is 5.69 Å². The van der Waals surface area contributed by atoms with Gasteiger partial charge in [-0.25, -0.2) is 0 Å². The lowest BCUT2D eigenvalue weighted by molar-refractivity contribution is -0.112.